The summed E-state index contributed by atoms with van der Waals surface area (Å²) < 4.78 is 28.6. The minimum absolute atomic E-state index is 0.0148. The van der Waals surface area contributed by atoms with Crippen LogP contribution in [-0.2, 0) is 38.9 Å². The van der Waals surface area contributed by atoms with Crippen LogP contribution in [0.2, 0.25) is 0 Å². The number of hydrogen-bond acceptors (Lipinski definition) is 5. The number of aryl methyl sites for hydroxylation is 1. The van der Waals surface area contributed by atoms with Gasteiger partial charge in [0.1, 0.15) is 0 Å². The van der Waals surface area contributed by atoms with Crippen LogP contribution >= 0.6 is 0 Å². The zero-order valence-corrected chi connectivity index (χ0v) is 19.8. The van der Waals surface area contributed by atoms with Crippen molar-refractivity contribution >= 4 is 21.9 Å². The third kappa shape index (κ3) is 5.65. The molecule has 4 N–H and O–H groups in total. The number of nitrogens with two attached hydrogens (primary N) is 1. The van der Waals surface area contributed by atoms with Crippen molar-refractivity contribution in [1.29, 1.82) is 0 Å². The summed E-state index contributed by atoms with van der Waals surface area (Å²) >= 11 is 0. The van der Waals surface area contributed by atoms with E-state index in [-0.39, 0.29) is 35.9 Å². The quantitative estimate of drug-likeness (QED) is 0.470. The van der Waals surface area contributed by atoms with Crippen molar-refractivity contribution in [2.75, 3.05) is 13.1 Å². The smallest absolute Gasteiger partial charge is 0.304 e. The van der Waals surface area contributed by atoms with E-state index in [0.717, 1.165) is 29.5 Å². The van der Waals surface area contributed by atoms with Gasteiger partial charge in [0.05, 0.1) is 17.2 Å². The molecule has 4 rings (SSSR count). The monoisotopic (exact) mass is 485 g/mol. The standard InChI is InChI=1S/C25H31N3O5S/c26-21-11-18-8-9-23(14-19(18)12-21)34(32,33)27-16-22-13-20(15-24(29)30)25(31)28(22)10-4-7-17-5-2-1-3-6-17/h1-3,5-6,8-9,14,20-22,27H,4,7,10-13,15-16,26H2,(H,29,30)/t20-,21?,22-/m0/s1. The van der Waals surface area contributed by atoms with Gasteiger partial charge in [-0.05, 0) is 60.9 Å². The molecule has 1 aliphatic heterocycles. The maximum absolute atomic E-state index is 13.0. The number of rotatable bonds is 10. The first kappa shape index (κ1) is 24.4. The number of sulfonamides is 1. The fourth-order valence-electron chi connectivity index (χ4n) is 5.02. The van der Waals surface area contributed by atoms with Gasteiger partial charge in [-0.25, -0.2) is 13.1 Å². The van der Waals surface area contributed by atoms with Gasteiger partial charge in [-0.2, -0.15) is 0 Å². The van der Waals surface area contributed by atoms with E-state index in [2.05, 4.69) is 4.72 Å². The van der Waals surface area contributed by atoms with Gasteiger partial charge < -0.3 is 15.7 Å². The Bertz CT molecular complexity index is 1150. The van der Waals surface area contributed by atoms with Crippen LogP contribution in [0.3, 0.4) is 0 Å². The number of carboxylic acid groups (broad SMARTS) is 1. The molecule has 182 valence electrons. The number of hydrogen-bond donors (Lipinski definition) is 3. The molecule has 1 saturated heterocycles. The third-order valence-corrected chi connectivity index (χ3v) is 8.14. The molecule has 1 unspecified atom stereocenters. The number of likely N-dealkylation sites (tertiary alicyclic amines) is 1. The molecule has 9 heteroatoms. The van der Waals surface area contributed by atoms with Gasteiger partial charge in [-0.3, -0.25) is 9.59 Å². The van der Waals surface area contributed by atoms with Gasteiger partial charge in [0.15, 0.2) is 0 Å². The maximum Gasteiger partial charge on any atom is 0.304 e. The van der Waals surface area contributed by atoms with E-state index in [1.165, 1.54) is 0 Å². The van der Waals surface area contributed by atoms with Crippen molar-refractivity contribution in [3.63, 3.8) is 0 Å². The van der Waals surface area contributed by atoms with Crippen LogP contribution in [0, 0.1) is 5.92 Å². The van der Waals surface area contributed by atoms with Crippen LogP contribution in [0.15, 0.2) is 53.4 Å². The van der Waals surface area contributed by atoms with E-state index in [4.69, 9.17) is 5.73 Å². The normalized spacial score (nSPS) is 22.2. The first-order valence-corrected chi connectivity index (χ1v) is 13.1. The summed E-state index contributed by atoms with van der Waals surface area (Å²) in [5.74, 6) is -1.88. The molecule has 1 heterocycles. The van der Waals surface area contributed by atoms with Crippen LogP contribution in [0.25, 0.3) is 0 Å². The third-order valence-electron chi connectivity index (χ3n) is 6.72. The largest absolute Gasteiger partial charge is 0.481 e. The van der Waals surface area contributed by atoms with Gasteiger partial charge >= 0.3 is 5.97 Å². The maximum atomic E-state index is 13.0. The predicted molar refractivity (Wildman–Crippen MR) is 128 cm³/mol. The van der Waals surface area contributed by atoms with Crippen LogP contribution in [0.4, 0.5) is 0 Å². The second-order valence-electron chi connectivity index (χ2n) is 9.26. The molecule has 0 bridgehead atoms. The molecule has 0 saturated carbocycles. The summed E-state index contributed by atoms with van der Waals surface area (Å²) in [6, 6.07) is 14.6. The average Bonchev–Trinajstić information content (AvgIpc) is 3.31. The Morgan fingerprint density at radius 2 is 1.85 bits per heavy atom. The summed E-state index contributed by atoms with van der Waals surface area (Å²) in [6.45, 7) is 0.499. The number of nitrogens with zero attached hydrogens (tertiary/aromatic N) is 1. The van der Waals surface area contributed by atoms with E-state index in [1.54, 1.807) is 17.0 Å². The zero-order chi connectivity index (χ0) is 24.3. The molecule has 8 nitrogen and oxygen atoms in total. The van der Waals surface area contributed by atoms with Gasteiger partial charge in [0.2, 0.25) is 15.9 Å². The van der Waals surface area contributed by atoms with Gasteiger partial charge in [-0.1, -0.05) is 36.4 Å². The fourth-order valence-corrected chi connectivity index (χ4v) is 6.14. The summed E-state index contributed by atoms with van der Waals surface area (Å²) in [6.07, 6.45) is 2.96. The minimum atomic E-state index is -3.78. The Labute approximate surface area is 200 Å². The summed E-state index contributed by atoms with van der Waals surface area (Å²) in [5.41, 5.74) is 9.18. The second kappa shape index (κ2) is 10.2. The molecule has 3 atom stereocenters. The van der Waals surface area contributed by atoms with Crippen LogP contribution in [0.1, 0.15) is 36.0 Å². The highest BCUT2D eigenvalue weighted by Gasteiger charge is 2.40. The van der Waals surface area contributed by atoms with Gasteiger partial charge in [0, 0.05) is 25.2 Å². The number of nitrogens with one attached hydrogen (secondary N) is 1. The molecule has 34 heavy (non-hydrogen) atoms. The lowest BCUT2D eigenvalue weighted by molar-refractivity contribution is -0.142. The summed E-state index contributed by atoms with van der Waals surface area (Å²) in [5, 5.41) is 9.20. The molecule has 2 aromatic carbocycles. The minimum Gasteiger partial charge on any atom is -0.481 e. The number of aliphatic carboxylic acids is 1. The Hall–Kier alpha value is -2.75. The SMILES string of the molecule is NC1Cc2ccc(S(=O)(=O)NC[C@@H]3C[C@@H](CC(=O)O)C(=O)N3CCCc3ccccc3)cc2C1. The molecule has 0 radical (unpaired) electrons. The molecule has 1 amide bonds. The van der Waals surface area contributed by atoms with E-state index >= 15 is 0 Å². The van der Waals surface area contributed by atoms with Crippen molar-refractivity contribution in [3.05, 3.63) is 65.2 Å². The number of carbonyl (C=O) groups excluding carboxylic acids is 1. The van der Waals surface area contributed by atoms with Crippen molar-refractivity contribution < 1.29 is 23.1 Å². The highest BCUT2D eigenvalue weighted by atomic mass is 32.2. The summed E-state index contributed by atoms with van der Waals surface area (Å²) in [7, 11) is -3.78. The molecular weight excluding hydrogens is 454 g/mol. The lowest BCUT2D eigenvalue weighted by atomic mass is 10.0. The Morgan fingerprint density at radius 1 is 1.12 bits per heavy atom. The lowest BCUT2D eigenvalue weighted by Crippen LogP contribution is -2.42. The van der Waals surface area contributed by atoms with E-state index in [9.17, 15) is 23.1 Å². The van der Waals surface area contributed by atoms with Crippen LogP contribution in [0.5, 0.6) is 0 Å². The molecule has 2 aliphatic rings. The molecule has 1 fully saturated rings. The Morgan fingerprint density at radius 3 is 2.59 bits per heavy atom. The second-order valence-corrected chi connectivity index (χ2v) is 11.0. The number of carbonyl (C=O) groups is 2. The van der Waals surface area contributed by atoms with Crippen LogP contribution < -0.4 is 10.5 Å². The number of amides is 1. The van der Waals surface area contributed by atoms with Crippen molar-refractivity contribution in [2.45, 2.75) is 55.5 Å². The first-order valence-electron chi connectivity index (χ1n) is 11.7. The van der Waals surface area contributed by atoms with Gasteiger partial charge in [-0.15, -0.1) is 0 Å². The van der Waals surface area contributed by atoms with E-state index in [1.807, 2.05) is 36.4 Å². The van der Waals surface area contributed by atoms with Crippen molar-refractivity contribution in [1.82, 2.24) is 9.62 Å². The zero-order valence-electron chi connectivity index (χ0n) is 19.0. The average molecular weight is 486 g/mol. The number of fused-ring (bicyclic) bond motifs is 1. The predicted octanol–water partition coefficient (Wildman–Crippen LogP) is 1.72. The molecule has 2 aromatic rings. The highest BCUT2D eigenvalue weighted by molar-refractivity contribution is 7.89. The van der Waals surface area contributed by atoms with Gasteiger partial charge in [0.25, 0.3) is 0 Å². The summed E-state index contributed by atoms with van der Waals surface area (Å²) in [4.78, 5) is 26.0. The molecular formula is C25H31N3O5S. The van der Waals surface area contributed by atoms with E-state index in [0.29, 0.717) is 25.8 Å². The Kier molecular flexibility index (Phi) is 7.35. The molecule has 0 aromatic heterocycles. The van der Waals surface area contributed by atoms with E-state index < -0.39 is 21.9 Å². The lowest BCUT2D eigenvalue weighted by Gasteiger charge is -2.25. The number of benzene rings is 2. The topological polar surface area (TPSA) is 130 Å². The first-order chi connectivity index (χ1) is 16.2. The molecule has 1 aliphatic carbocycles. The highest BCUT2D eigenvalue weighted by Crippen LogP contribution is 2.29. The van der Waals surface area contributed by atoms with Crippen molar-refractivity contribution in [2.24, 2.45) is 11.7 Å². The Balaban J connectivity index is 1.42. The van der Waals surface area contributed by atoms with Crippen LogP contribution in [-0.4, -0.2) is 55.5 Å². The molecule has 0 spiro atoms. The fraction of sp³-hybridized carbons (Fsp3) is 0.440. The number of carboxylic acids is 1. The van der Waals surface area contributed by atoms with Crippen molar-refractivity contribution in [3.8, 4) is 0 Å².